The number of nitrogens with two attached hydrogens (primary N) is 1. The summed E-state index contributed by atoms with van der Waals surface area (Å²) in [4.78, 5) is 0. The summed E-state index contributed by atoms with van der Waals surface area (Å²) in [6, 6.07) is 13.4. The van der Waals surface area contributed by atoms with Crippen LogP contribution in [0.4, 0.5) is 0 Å². The average molecular weight is 328 g/mol. The second-order valence-corrected chi connectivity index (χ2v) is 6.17. The van der Waals surface area contributed by atoms with E-state index in [1.807, 2.05) is 12.1 Å². The van der Waals surface area contributed by atoms with E-state index < -0.39 is 0 Å². The normalized spacial score (nSPS) is 16.4. The van der Waals surface area contributed by atoms with Gasteiger partial charge in [0.15, 0.2) is 11.5 Å². The van der Waals surface area contributed by atoms with Gasteiger partial charge in [0.25, 0.3) is 0 Å². The van der Waals surface area contributed by atoms with Crippen LogP contribution in [0.5, 0.6) is 17.2 Å². The van der Waals surface area contributed by atoms with E-state index in [-0.39, 0.29) is 0 Å². The zero-order valence-electron chi connectivity index (χ0n) is 14.7. The molecule has 4 nitrogen and oxygen atoms in total. The molecule has 1 aliphatic rings. The molecule has 2 aromatic rings. The third-order valence-electron chi connectivity index (χ3n) is 4.78. The minimum Gasteiger partial charge on any atom is -0.493 e. The van der Waals surface area contributed by atoms with Gasteiger partial charge in [-0.15, -0.1) is 0 Å². The molecule has 0 radical (unpaired) electrons. The minimum absolute atomic E-state index is 0.522. The van der Waals surface area contributed by atoms with E-state index >= 15 is 0 Å². The van der Waals surface area contributed by atoms with Gasteiger partial charge in [0.2, 0.25) is 5.75 Å². The Labute approximate surface area is 143 Å². The number of methoxy groups -OCH3 is 3. The lowest BCUT2D eigenvalue weighted by atomic mass is 9.87. The molecular formula is C20H26NO3+. The fourth-order valence-corrected chi connectivity index (χ4v) is 3.57. The third-order valence-corrected chi connectivity index (χ3v) is 4.78. The zero-order valence-corrected chi connectivity index (χ0v) is 14.7. The smallest absolute Gasteiger partial charge is 0.203 e. The molecule has 1 unspecified atom stereocenters. The van der Waals surface area contributed by atoms with Crippen LogP contribution in [0.2, 0.25) is 0 Å². The first kappa shape index (κ1) is 16.7. The second-order valence-electron chi connectivity index (χ2n) is 6.17. The fraction of sp³-hybridized carbons (Fsp3) is 0.400. The van der Waals surface area contributed by atoms with Gasteiger partial charge in [0, 0.05) is 17.5 Å². The molecule has 1 aliphatic carbocycles. The minimum atomic E-state index is 0.522. The second kappa shape index (κ2) is 7.58. The van der Waals surface area contributed by atoms with Crippen LogP contribution in [0.1, 0.15) is 35.6 Å². The summed E-state index contributed by atoms with van der Waals surface area (Å²) >= 11 is 0. The number of hydrogen-bond donors (Lipinski definition) is 1. The van der Waals surface area contributed by atoms with Crippen LogP contribution in [0, 0.1) is 0 Å². The van der Waals surface area contributed by atoms with Crippen molar-refractivity contribution in [2.75, 3.05) is 21.3 Å². The van der Waals surface area contributed by atoms with Gasteiger partial charge in [-0.1, -0.05) is 24.3 Å². The van der Waals surface area contributed by atoms with E-state index in [0.717, 1.165) is 6.54 Å². The van der Waals surface area contributed by atoms with E-state index in [1.165, 1.54) is 36.0 Å². The quantitative estimate of drug-likeness (QED) is 0.887. The number of rotatable bonds is 6. The first-order valence-electron chi connectivity index (χ1n) is 8.46. The Kier molecular flexibility index (Phi) is 5.26. The SMILES string of the molecule is COc1cc(C[NH2+]C2CCCc3ccccc32)cc(OC)c1OC. The molecule has 2 aromatic carbocycles. The molecular weight excluding hydrogens is 302 g/mol. The maximum absolute atomic E-state index is 5.45. The van der Waals surface area contributed by atoms with Crippen molar-refractivity contribution in [1.82, 2.24) is 0 Å². The van der Waals surface area contributed by atoms with Crippen molar-refractivity contribution in [3.8, 4) is 17.2 Å². The number of aryl methyl sites for hydroxylation is 1. The van der Waals surface area contributed by atoms with E-state index in [4.69, 9.17) is 14.2 Å². The van der Waals surface area contributed by atoms with Crippen LogP contribution in [0.3, 0.4) is 0 Å². The Hall–Kier alpha value is -2.20. The Bertz CT molecular complexity index is 674. The lowest BCUT2D eigenvalue weighted by molar-refractivity contribution is -0.712. The lowest BCUT2D eigenvalue weighted by Gasteiger charge is -2.24. The molecule has 0 aliphatic heterocycles. The summed E-state index contributed by atoms with van der Waals surface area (Å²) in [6.45, 7) is 0.885. The lowest BCUT2D eigenvalue weighted by Crippen LogP contribution is -2.84. The number of benzene rings is 2. The van der Waals surface area contributed by atoms with Crippen molar-refractivity contribution in [2.24, 2.45) is 0 Å². The molecule has 0 heterocycles. The Morgan fingerprint density at radius 1 is 1.00 bits per heavy atom. The summed E-state index contributed by atoms with van der Waals surface area (Å²) in [5.74, 6) is 2.07. The van der Waals surface area contributed by atoms with Gasteiger partial charge < -0.3 is 19.5 Å². The Balaban J connectivity index is 1.78. The van der Waals surface area contributed by atoms with Gasteiger partial charge in [-0.05, 0) is 30.5 Å². The molecule has 3 rings (SSSR count). The average Bonchev–Trinajstić information content (AvgIpc) is 2.65. The molecule has 4 heteroatoms. The van der Waals surface area contributed by atoms with Crippen molar-refractivity contribution < 1.29 is 19.5 Å². The highest BCUT2D eigenvalue weighted by Crippen LogP contribution is 2.38. The largest absolute Gasteiger partial charge is 0.493 e. The third kappa shape index (κ3) is 3.34. The zero-order chi connectivity index (χ0) is 16.9. The summed E-state index contributed by atoms with van der Waals surface area (Å²) < 4.78 is 16.3. The standard InChI is InChI=1S/C20H25NO3/c1-22-18-11-14(12-19(23-2)20(18)24-3)13-21-17-10-6-8-15-7-4-5-9-16(15)17/h4-5,7,9,11-12,17,21H,6,8,10,13H2,1-3H3/p+1. The molecule has 24 heavy (non-hydrogen) atoms. The first-order chi connectivity index (χ1) is 11.8. The predicted octanol–water partition coefficient (Wildman–Crippen LogP) is 2.85. The molecule has 0 bridgehead atoms. The molecule has 0 aromatic heterocycles. The molecule has 0 spiro atoms. The molecule has 0 fully saturated rings. The number of ether oxygens (including phenoxy) is 3. The van der Waals surface area contributed by atoms with E-state index in [9.17, 15) is 0 Å². The van der Waals surface area contributed by atoms with Crippen LogP contribution in [0.25, 0.3) is 0 Å². The van der Waals surface area contributed by atoms with Crippen LogP contribution in [0.15, 0.2) is 36.4 Å². The summed E-state index contributed by atoms with van der Waals surface area (Å²) in [6.07, 6.45) is 3.68. The fourth-order valence-electron chi connectivity index (χ4n) is 3.57. The van der Waals surface area contributed by atoms with E-state index in [0.29, 0.717) is 23.3 Å². The topological polar surface area (TPSA) is 44.3 Å². The van der Waals surface area contributed by atoms with Crippen molar-refractivity contribution in [2.45, 2.75) is 31.8 Å². The molecule has 2 N–H and O–H groups in total. The van der Waals surface area contributed by atoms with Gasteiger partial charge in [0.1, 0.15) is 12.6 Å². The van der Waals surface area contributed by atoms with E-state index in [2.05, 4.69) is 29.6 Å². The highest BCUT2D eigenvalue weighted by Gasteiger charge is 2.23. The van der Waals surface area contributed by atoms with Crippen molar-refractivity contribution in [3.63, 3.8) is 0 Å². The number of fused-ring (bicyclic) bond motifs is 1. The molecule has 0 amide bonds. The van der Waals surface area contributed by atoms with Crippen molar-refractivity contribution in [3.05, 3.63) is 53.1 Å². The van der Waals surface area contributed by atoms with Gasteiger partial charge >= 0.3 is 0 Å². The van der Waals surface area contributed by atoms with Crippen molar-refractivity contribution >= 4 is 0 Å². The van der Waals surface area contributed by atoms with Gasteiger partial charge in [-0.2, -0.15) is 0 Å². The Morgan fingerprint density at radius 2 is 1.71 bits per heavy atom. The highest BCUT2D eigenvalue weighted by molar-refractivity contribution is 5.53. The van der Waals surface area contributed by atoms with Crippen LogP contribution < -0.4 is 19.5 Å². The Morgan fingerprint density at radius 3 is 2.38 bits per heavy atom. The maximum Gasteiger partial charge on any atom is 0.203 e. The van der Waals surface area contributed by atoms with Crippen LogP contribution in [-0.2, 0) is 13.0 Å². The monoisotopic (exact) mass is 328 g/mol. The van der Waals surface area contributed by atoms with Crippen LogP contribution in [-0.4, -0.2) is 21.3 Å². The molecule has 0 saturated carbocycles. The van der Waals surface area contributed by atoms with Gasteiger partial charge in [-0.3, -0.25) is 0 Å². The number of quaternary nitrogens is 1. The van der Waals surface area contributed by atoms with E-state index in [1.54, 1.807) is 21.3 Å². The number of hydrogen-bond acceptors (Lipinski definition) is 3. The van der Waals surface area contributed by atoms with Gasteiger partial charge in [0.05, 0.1) is 21.3 Å². The highest BCUT2D eigenvalue weighted by atomic mass is 16.5. The molecule has 128 valence electrons. The van der Waals surface area contributed by atoms with Crippen molar-refractivity contribution in [1.29, 1.82) is 0 Å². The predicted molar refractivity (Wildman–Crippen MR) is 93.8 cm³/mol. The summed E-state index contributed by atoms with van der Waals surface area (Å²) in [5, 5.41) is 2.42. The van der Waals surface area contributed by atoms with Crippen LogP contribution >= 0.6 is 0 Å². The summed E-state index contributed by atoms with van der Waals surface area (Å²) in [5.41, 5.74) is 4.15. The maximum atomic E-state index is 5.45. The van der Waals surface area contributed by atoms with Gasteiger partial charge in [-0.25, -0.2) is 0 Å². The molecule has 0 saturated heterocycles. The summed E-state index contributed by atoms with van der Waals surface area (Å²) in [7, 11) is 4.94. The first-order valence-corrected chi connectivity index (χ1v) is 8.46. The molecule has 1 atom stereocenters.